The predicted octanol–water partition coefficient (Wildman–Crippen LogP) is 4.03. The molecule has 1 saturated heterocycles. The zero-order valence-electron chi connectivity index (χ0n) is 19.4. The molecule has 2 amide bonds. The van der Waals surface area contributed by atoms with Gasteiger partial charge in [0.15, 0.2) is 0 Å². The number of ether oxygens (including phenoxy) is 2. The van der Waals surface area contributed by atoms with Gasteiger partial charge < -0.3 is 14.3 Å². The molecule has 3 fully saturated rings. The van der Waals surface area contributed by atoms with Gasteiger partial charge in [-0.25, -0.2) is 0 Å². The van der Waals surface area contributed by atoms with Gasteiger partial charge in [0, 0.05) is 23.5 Å². The molecule has 2 saturated carbocycles. The Morgan fingerprint density at radius 3 is 2.40 bits per heavy atom. The molecule has 7 nitrogen and oxygen atoms in total. The zero-order valence-corrected chi connectivity index (χ0v) is 19.4. The van der Waals surface area contributed by atoms with Gasteiger partial charge in [0.1, 0.15) is 17.6 Å². The minimum absolute atomic E-state index is 0.00460. The summed E-state index contributed by atoms with van der Waals surface area (Å²) in [7, 11) is 3.23. The van der Waals surface area contributed by atoms with Gasteiger partial charge in [0.05, 0.1) is 37.5 Å². The van der Waals surface area contributed by atoms with E-state index in [1.165, 1.54) is 4.90 Å². The summed E-state index contributed by atoms with van der Waals surface area (Å²) in [6.45, 7) is 0. The largest absolute Gasteiger partial charge is 0.497 e. The first-order valence-corrected chi connectivity index (χ1v) is 11.9. The van der Waals surface area contributed by atoms with E-state index in [0.29, 0.717) is 17.2 Å². The highest BCUT2D eigenvalue weighted by atomic mass is 16.6. The Morgan fingerprint density at radius 2 is 1.63 bits per heavy atom. The van der Waals surface area contributed by atoms with Crippen LogP contribution in [0.1, 0.15) is 12.0 Å². The quantitative estimate of drug-likeness (QED) is 0.541. The lowest BCUT2D eigenvalue weighted by atomic mass is 9.71. The van der Waals surface area contributed by atoms with Crippen molar-refractivity contribution >= 4 is 34.0 Å². The Bertz CT molecular complexity index is 1430. The van der Waals surface area contributed by atoms with Gasteiger partial charge in [0.2, 0.25) is 11.8 Å². The van der Waals surface area contributed by atoms with Crippen LogP contribution in [-0.4, -0.2) is 37.8 Å². The molecule has 2 heterocycles. The standard InChI is InChI=1S/C28H24N2O5/c1-33-17-9-10-18(21(12-17)34-2)25-24-19-13-20(26(24)35-29-25)23-22(19)27(31)30(28(23)32)16-8-7-14-5-3-4-6-15(14)11-16/h3-12,19-20,22-24,26H,13H2,1-2H3/t19-,20+,22-,23+,24+,26+/m1/s1. The van der Waals surface area contributed by atoms with Gasteiger partial charge >= 0.3 is 0 Å². The molecule has 2 aliphatic carbocycles. The number of oxime groups is 1. The second-order valence-corrected chi connectivity index (χ2v) is 9.80. The van der Waals surface area contributed by atoms with E-state index >= 15 is 0 Å². The average Bonchev–Trinajstić information content (AvgIpc) is 3.63. The highest BCUT2D eigenvalue weighted by Gasteiger charge is 2.70. The molecule has 3 aromatic carbocycles. The Labute approximate surface area is 202 Å². The van der Waals surface area contributed by atoms with Crippen molar-refractivity contribution in [3.63, 3.8) is 0 Å². The lowest BCUT2D eigenvalue weighted by molar-refractivity contribution is -0.125. The third-order valence-electron chi connectivity index (χ3n) is 8.37. The first kappa shape index (κ1) is 20.5. The predicted molar refractivity (Wildman–Crippen MR) is 129 cm³/mol. The molecule has 0 aromatic heterocycles. The Hall–Kier alpha value is -3.87. The summed E-state index contributed by atoms with van der Waals surface area (Å²) in [4.78, 5) is 34.7. The number of imide groups is 1. The highest BCUT2D eigenvalue weighted by molar-refractivity contribution is 6.23. The molecule has 176 valence electrons. The van der Waals surface area contributed by atoms with Crippen LogP contribution in [0.25, 0.3) is 10.8 Å². The Balaban J connectivity index is 1.24. The van der Waals surface area contributed by atoms with Gasteiger partial charge in [-0.3, -0.25) is 14.5 Å². The van der Waals surface area contributed by atoms with E-state index < -0.39 is 0 Å². The number of carbonyl (C=O) groups excluding carboxylic acids is 2. The van der Waals surface area contributed by atoms with Crippen LogP contribution >= 0.6 is 0 Å². The number of methoxy groups -OCH3 is 2. The van der Waals surface area contributed by atoms with Crippen LogP contribution in [0.15, 0.2) is 65.8 Å². The summed E-state index contributed by atoms with van der Waals surface area (Å²) in [5.41, 5.74) is 2.28. The summed E-state index contributed by atoms with van der Waals surface area (Å²) in [6, 6.07) is 19.3. The molecule has 7 rings (SSSR count). The van der Waals surface area contributed by atoms with Crippen LogP contribution in [0.3, 0.4) is 0 Å². The fraction of sp³-hybridized carbons (Fsp3) is 0.321. The normalized spacial score (nSPS) is 30.3. The molecule has 7 heteroatoms. The van der Waals surface area contributed by atoms with Gasteiger partial charge in [0.25, 0.3) is 0 Å². The maximum Gasteiger partial charge on any atom is 0.238 e. The molecule has 4 aliphatic rings. The molecule has 0 spiro atoms. The number of amides is 2. The SMILES string of the molecule is COc1ccc(C2=NO[C@H]3[C@H]4C[C@@H]([C@@H]23)[C@H]2C(=O)N(c3ccc5ccccc5c3)C(=O)[C@@H]42)c(OC)c1. The molecule has 3 aromatic rings. The van der Waals surface area contributed by atoms with E-state index in [9.17, 15) is 9.59 Å². The van der Waals surface area contributed by atoms with E-state index in [4.69, 9.17) is 14.3 Å². The highest BCUT2D eigenvalue weighted by Crippen LogP contribution is 2.62. The molecule has 0 N–H and O–H groups in total. The summed E-state index contributed by atoms with van der Waals surface area (Å²) < 4.78 is 11.0. The maximum atomic E-state index is 13.7. The van der Waals surface area contributed by atoms with Crippen LogP contribution in [0, 0.1) is 29.6 Å². The molecule has 35 heavy (non-hydrogen) atoms. The number of carbonyl (C=O) groups is 2. The lowest BCUT2D eigenvalue weighted by Crippen LogP contribution is -2.41. The van der Waals surface area contributed by atoms with E-state index in [1.807, 2.05) is 60.7 Å². The number of nitrogens with zero attached hydrogens (tertiary/aromatic N) is 2. The molecule has 2 aliphatic heterocycles. The van der Waals surface area contributed by atoms with Crippen LogP contribution in [0.4, 0.5) is 5.69 Å². The second kappa shape index (κ2) is 7.31. The van der Waals surface area contributed by atoms with E-state index in [1.54, 1.807) is 14.2 Å². The number of anilines is 1. The fourth-order valence-corrected chi connectivity index (χ4v) is 6.93. The summed E-state index contributed by atoms with van der Waals surface area (Å²) in [5, 5.41) is 6.53. The van der Waals surface area contributed by atoms with E-state index in [2.05, 4.69) is 5.16 Å². The average molecular weight is 469 g/mol. The second-order valence-electron chi connectivity index (χ2n) is 9.80. The fourth-order valence-electron chi connectivity index (χ4n) is 6.93. The van der Waals surface area contributed by atoms with Crippen LogP contribution in [0.2, 0.25) is 0 Å². The minimum Gasteiger partial charge on any atom is -0.497 e. The van der Waals surface area contributed by atoms with Crippen molar-refractivity contribution in [2.24, 2.45) is 34.7 Å². The van der Waals surface area contributed by atoms with Crippen LogP contribution in [-0.2, 0) is 14.4 Å². The van der Waals surface area contributed by atoms with Gasteiger partial charge in [-0.2, -0.15) is 0 Å². The van der Waals surface area contributed by atoms with E-state index in [0.717, 1.165) is 28.5 Å². The van der Waals surface area contributed by atoms with Crippen LogP contribution < -0.4 is 14.4 Å². The number of rotatable bonds is 4. The molecule has 0 radical (unpaired) electrons. The van der Waals surface area contributed by atoms with Gasteiger partial charge in [-0.15, -0.1) is 0 Å². The van der Waals surface area contributed by atoms with Crippen molar-refractivity contribution < 1.29 is 23.9 Å². The number of benzene rings is 3. The summed E-state index contributed by atoms with van der Waals surface area (Å²) >= 11 is 0. The van der Waals surface area contributed by atoms with Crippen molar-refractivity contribution in [2.45, 2.75) is 12.5 Å². The Morgan fingerprint density at radius 1 is 0.857 bits per heavy atom. The lowest BCUT2D eigenvalue weighted by Gasteiger charge is -2.30. The first-order valence-electron chi connectivity index (χ1n) is 11.9. The van der Waals surface area contributed by atoms with Crippen molar-refractivity contribution in [2.75, 3.05) is 19.1 Å². The monoisotopic (exact) mass is 468 g/mol. The molecule has 6 atom stereocenters. The summed E-state index contributed by atoms with van der Waals surface area (Å²) in [5.74, 6) is 0.359. The van der Waals surface area contributed by atoms with Crippen molar-refractivity contribution in [3.05, 3.63) is 66.2 Å². The molecular weight excluding hydrogens is 444 g/mol. The molecular formula is C28H24N2O5. The Kier molecular flexibility index (Phi) is 4.28. The number of hydrogen-bond donors (Lipinski definition) is 0. The molecule has 0 unspecified atom stereocenters. The third-order valence-corrected chi connectivity index (χ3v) is 8.37. The smallest absolute Gasteiger partial charge is 0.238 e. The van der Waals surface area contributed by atoms with Crippen molar-refractivity contribution in [3.8, 4) is 11.5 Å². The minimum atomic E-state index is -0.354. The van der Waals surface area contributed by atoms with E-state index in [-0.39, 0.29) is 47.5 Å². The van der Waals surface area contributed by atoms with Crippen LogP contribution in [0.5, 0.6) is 11.5 Å². The zero-order chi connectivity index (χ0) is 23.8. The summed E-state index contributed by atoms with van der Waals surface area (Å²) in [6.07, 6.45) is 0.599. The molecule has 2 bridgehead atoms. The van der Waals surface area contributed by atoms with Crippen molar-refractivity contribution in [1.29, 1.82) is 0 Å². The maximum absolute atomic E-state index is 13.7. The third kappa shape index (κ3) is 2.69. The number of fused-ring (bicyclic) bond motifs is 9. The van der Waals surface area contributed by atoms with Crippen molar-refractivity contribution in [1.82, 2.24) is 0 Å². The topological polar surface area (TPSA) is 77.4 Å². The van der Waals surface area contributed by atoms with Gasteiger partial charge in [-0.05, 0) is 47.4 Å². The number of hydrogen-bond acceptors (Lipinski definition) is 6. The van der Waals surface area contributed by atoms with Gasteiger partial charge in [-0.1, -0.05) is 35.5 Å². The first-order chi connectivity index (χ1) is 17.1.